The van der Waals surface area contributed by atoms with Crippen LogP contribution in [0.4, 0.5) is 0 Å². The molecule has 60 valence electrons. The number of nitrogens with zero attached hydrogens (tertiary/aromatic N) is 3. The van der Waals surface area contributed by atoms with Gasteiger partial charge in [-0.1, -0.05) is 6.92 Å². The molecule has 11 heavy (non-hydrogen) atoms. The number of aromatic nitrogens is 3. The minimum atomic E-state index is 0.602. The minimum Gasteiger partial charge on any atom is -0.250 e. The predicted molar refractivity (Wildman–Crippen MR) is 42.4 cm³/mol. The third kappa shape index (κ3) is 1.04. The number of hydrogen-bond acceptors (Lipinski definition) is 2. The van der Waals surface area contributed by atoms with Crippen LogP contribution in [0, 0.1) is 6.92 Å². The highest BCUT2D eigenvalue weighted by atomic mass is 15.3. The van der Waals surface area contributed by atoms with Crippen molar-refractivity contribution in [2.75, 3.05) is 0 Å². The van der Waals surface area contributed by atoms with Crippen molar-refractivity contribution in [3.63, 3.8) is 0 Å². The molecule has 0 fully saturated rings. The molecule has 2 heterocycles. The lowest BCUT2D eigenvalue weighted by atomic mass is 10.0. The van der Waals surface area contributed by atoms with Gasteiger partial charge in [0.05, 0.1) is 0 Å². The summed E-state index contributed by atoms with van der Waals surface area (Å²) in [6.07, 6.45) is 2.51. The molecule has 0 N–H and O–H groups in total. The van der Waals surface area contributed by atoms with Crippen molar-refractivity contribution in [1.29, 1.82) is 0 Å². The van der Waals surface area contributed by atoms with Gasteiger partial charge in [-0.15, -0.1) is 0 Å². The summed E-state index contributed by atoms with van der Waals surface area (Å²) in [5.74, 6) is 2.69. The lowest BCUT2D eigenvalue weighted by molar-refractivity contribution is 0.432. The highest BCUT2D eigenvalue weighted by Crippen LogP contribution is 2.23. The smallest absolute Gasteiger partial charge is 0.147 e. The molecule has 0 spiro atoms. The van der Waals surface area contributed by atoms with Crippen molar-refractivity contribution in [2.45, 2.75) is 39.2 Å². The van der Waals surface area contributed by atoms with Crippen molar-refractivity contribution in [2.24, 2.45) is 0 Å². The second kappa shape index (κ2) is 2.32. The van der Waals surface area contributed by atoms with Gasteiger partial charge in [-0.2, -0.15) is 5.10 Å². The molecule has 1 aliphatic heterocycles. The molecule has 0 radical (unpaired) electrons. The van der Waals surface area contributed by atoms with Crippen molar-refractivity contribution < 1.29 is 0 Å². The topological polar surface area (TPSA) is 30.7 Å². The fourth-order valence-electron chi connectivity index (χ4n) is 1.68. The fraction of sp³-hybridized carbons (Fsp3) is 0.750. The van der Waals surface area contributed by atoms with E-state index in [0.717, 1.165) is 12.4 Å². The maximum absolute atomic E-state index is 4.38. The van der Waals surface area contributed by atoms with Crippen LogP contribution < -0.4 is 0 Å². The summed E-state index contributed by atoms with van der Waals surface area (Å²) in [6.45, 7) is 5.23. The average Bonchev–Trinajstić information content (AvgIpc) is 2.31. The number of rotatable bonds is 0. The summed E-state index contributed by atoms with van der Waals surface area (Å²) < 4.78 is 2.05. The van der Waals surface area contributed by atoms with Gasteiger partial charge in [0.15, 0.2) is 0 Å². The molecule has 1 unspecified atom stereocenters. The van der Waals surface area contributed by atoms with Gasteiger partial charge in [-0.05, 0) is 19.8 Å². The van der Waals surface area contributed by atoms with Gasteiger partial charge in [-0.25, -0.2) is 9.67 Å². The average molecular weight is 151 g/mol. The highest BCUT2D eigenvalue weighted by Gasteiger charge is 2.18. The van der Waals surface area contributed by atoms with Crippen LogP contribution in [0.25, 0.3) is 0 Å². The lowest BCUT2D eigenvalue weighted by Gasteiger charge is -2.17. The monoisotopic (exact) mass is 151 g/mol. The van der Waals surface area contributed by atoms with Crippen LogP contribution in [-0.4, -0.2) is 14.8 Å². The van der Waals surface area contributed by atoms with Crippen molar-refractivity contribution in [3.8, 4) is 0 Å². The van der Waals surface area contributed by atoms with Crippen LogP contribution in [0.5, 0.6) is 0 Å². The van der Waals surface area contributed by atoms with Gasteiger partial charge >= 0.3 is 0 Å². The number of fused-ring (bicyclic) bond motifs is 1. The normalized spacial score (nSPS) is 23.3. The van der Waals surface area contributed by atoms with E-state index >= 15 is 0 Å². The zero-order valence-corrected chi connectivity index (χ0v) is 7.04. The first-order valence-electron chi connectivity index (χ1n) is 4.18. The van der Waals surface area contributed by atoms with Crippen LogP contribution in [0.3, 0.4) is 0 Å². The number of hydrogen-bond donors (Lipinski definition) is 0. The first-order chi connectivity index (χ1) is 5.27. The molecule has 1 aliphatic rings. The van der Waals surface area contributed by atoms with E-state index in [1.165, 1.54) is 18.7 Å². The molecule has 2 rings (SSSR count). The Morgan fingerprint density at radius 1 is 1.55 bits per heavy atom. The van der Waals surface area contributed by atoms with Crippen LogP contribution in [0.1, 0.15) is 37.3 Å². The Morgan fingerprint density at radius 2 is 2.36 bits per heavy atom. The second-order valence-electron chi connectivity index (χ2n) is 3.28. The van der Waals surface area contributed by atoms with E-state index in [4.69, 9.17) is 0 Å². The molecule has 0 aromatic carbocycles. The molecule has 0 saturated heterocycles. The summed E-state index contributed by atoms with van der Waals surface area (Å²) in [4.78, 5) is 4.38. The molecule has 0 saturated carbocycles. The molecule has 0 bridgehead atoms. The standard InChI is InChI=1S/C8H13N3/c1-6-4-3-5-11-8(6)9-7(2)10-11/h6H,3-5H2,1-2H3. The Labute approximate surface area is 66.4 Å². The summed E-state index contributed by atoms with van der Waals surface area (Å²) in [5.41, 5.74) is 0. The predicted octanol–water partition coefficient (Wildman–Crippen LogP) is 1.48. The van der Waals surface area contributed by atoms with Crippen LogP contribution >= 0.6 is 0 Å². The molecular formula is C8H13N3. The Hall–Kier alpha value is -0.860. The molecular weight excluding hydrogens is 138 g/mol. The Morgan fingerprint density at radius 3 is 3.09 bits per heavy atom. The van der Waals surface area contributed by atoms with Gasteiger partial charge in [0.1, 0.15) is 11.6 Å². The Bertz CT molecular complexity index is 264. The highest BCUT2D eigenvalue weighted by molar-refractivity contribution is 5.00. The van der Waals surface area contributed by atoms with E-state index in [9.17, 15) is 0 Å². The molecule has 1 aromatic rings. The molecule has 0 amide bonds. The van der Waals surface area contributed by atoms with E-state index in [-0.39, 0.29) is 0 Å². The van der Waals surface area contributed by atoms with Crippen LogP contribution in [0.15, 0.2) is 0 Å². The first-order valence-corrected chi connectivity index (χ1v) is 4.18. The van der Waals surface area contributed by atoms with Gasteiger partial charge in [-0.3, -0.25) is 0 Å². The van der Waals surface area contributed by atoms with E-state index < -0.39 is 0 Å². The zero-order chi connectivity index (χ0) is 7.84. The van der Waals surface area contributed by atoms with Crippen molar-refractivity contribution >= 4 is 0 Å². The van der Waals surface area contributed by atoms with Crippen molar-refractivity contribution in [1.82, 2.24) is 14.8 Å². The largest absolute Gasteiger partial charge is 0.250 e. The SMILES string of the molecule is Cc1nc2n(n1)CCCC2C. The molecule has 0 aliphatic carbocycles. The van der Waals surface area contributed by atoms with Crippen LogP contribution in [-0.2, 0) is 6.54 Å². The van der Waals surface area contributed by atoms with E-state index in [0.29, 0.717) is 5.92 Å². The molecule has 3 heteroatoms. The summed E-state index contributed by atoms with van der Waals surface area (Å²) in [5, 5.41) is 4.31. The maximum atomic E-state index is 4.38. The zero-order valence-electron chi connectivity index (χ0n) is 7.04. The Kier molecular flexibility index (Phi) is 1.44. The van der Waals surface area contributed by atoms with E-state index in [2.05, 4.69) is 17.0 Å². The van der Waals surface area contributed by atoms with Crippen molar-refractivity contribution in [3.05, 3.63) is 11.6 Å². The minimum absolute atomic E-state index is 0.602. The second-order valence-corrected chi connectivity index (χ2v) is 3.28. The molecule has 1 atom stereocenters. The maximum Gasteiger partial charge on any atom is 0.147 e. The third-order valence-corrected chi connectivity index (χ3v) is 2.25. The van der Waals surface area contributed by atoms with E-state index in [1.807, 2.05) is 11.6 Å². The van der Waals surface area contributed by atoms with Gasteiger partial charge in [0, 0.05) is 12.5 Å². The third-order valence-electron chi connectivity index (χ3n) is 2.25. The van der Waals surface area contributed by atoms with Gasteiger partial charge in [0.25, 0.3) is 0 Å². The molecule has 1 aromatic heterocycles. The number of aryl methyl sites for hydroxylation is 2. The van der Waals surface area contributed by atoms with E-state index in [1.54, 1.807) is 0 Å². The Balaban J connectivity index is 2.43. The summed E-state index contributed by atoms with van der Waals surface area (Å²) >= 11 is 0. The first kappa shape index (κ1) is 6.83. The fourth-order valence-corrected chi connectivity index (χ4v) is 1.68. The van der Waals surface area contributed by atoms with Gasteiger partial charge in [0.2, 0.25) is 0 Å². The summed E-state index contributed by atoms with van der Waals surface area (Å²) in [7, 11) is 0. The lowest BCUT2D eigenvalue weighted by Crippen LogP contribution is -2.14. The molecule has 3 nitrogen and oxygen atoms in total. The summed E-state index contributed by atoms with van der Waals surface area (Å²) in [6, 6.07) is 0. The van der Waals surface area contributed by atoms with Gasteiger partial charge < -0.3 is 0 Å². The van der Waals surface area contributed by atoms with Crippen LogP contribution in [0.2, 0.25) is 0 Å². The quantitative estimate of drug-likeness (QED) is 0.562.